The van der Waals surface area contributed by atoms with Crippen LogP contribution in [0.3, 0.4) is 0 Å². The Kier molecular flexibility index (Phi) is 8.79. The molecule has 2 aromatic carbocycles. The van der Waals surface area contributed by atoms with Gasteiger partial charge in [-0.1, -0.05) is 0 Å². The van der Waals surface area contributed by atoms with Crippen LogP contribution in [0.4, 0.5) is 0 Å². The second-order valence-corrected chi connectivity index (χ2v) is 16.0. The zero-order valence-electron chi connectivity index (χ0n) is 13.4. The Bertz CT molecular complexity index is 642. The van der Waals surface area contributed by atoms with Gasteiger partial charge in [0, 0.05) is 0 Å². The Hall–Kier alpha value is -0.400. The van der Waals surface area contributed by atoms with E-state index in [0.29, 0.717) is 0 Å². The summed E-state index contributed by atoms with van der Waals surface area (Å²) in [5, 5.41) is 3.25. The van der Waals surface area contributed by atoms with Gasteiger partial charge in [0.15, 0.2) is 0 Å². The van der Waals surface area contributed by atoms with Crippen LogP contribution in [0.2, 0.25) is 0 Å². The molecule has 0 bridgehead atoms. The van der Waals surface area contributed by atoms with Crippen molar-refractivity contribution in [2.24, 2.45) is 0 Å². The quantitative estimate of drug-likeness (QED) is 0.454. The fourth-order valence-electron chi connectivity index (χ4n) is 2.79. The van der Waals surface area contributed by atoms with Crippen LogP contribution in [0.15, 0.2) is 81.2 Å². The summed E-state index contributed by atoms with van der Waals surface area (Å²) in [6.07, 6.45) is 3.65. The van der Waals surface area contributed by atoms with E-state index in [2.05, 4.69) is 80.6 Å². The van der Waals surface area contributed by atoms with Gasteiger partial charge in [0.2, 0.25) is 0 Å². The molecule has 0 atom stereocenters. The van der Waals surface area contributed by atoms with Crippen molar-refractivity contribution in [1.82, 2.24) is 0 Å². The molecule has 0 spiro atoms. The van der Waals surface area contributed by atoms with Crippen LogP contribution in [-0.2, 0) is 22.4 Å². The van der Waals surface area contributed by atoms with Crippen LogP contribution in [0.25, 0.3) is 0 Å². The number of benzene rings is 2. The summed E-state index contributed by atoms with van der Waals surface area (Å²) >= 11 is -0.536. The molecule has 2 aromatic rings. The SMILES string of the molecule is CC1=CC[C]([Zr+2][SiH](c2ccccc2)c2ccccc2)=C1C.[Cl-].[Cl-]. The molecule has 0 fully saturated rings. The Balaban J connectivity index is 0.00000132. The standard InChI is InChI=1S/C12H11Si.C7H9.2ClH.Zr/c1-3-7-11(8-4-1)13-12-9-5-2-6-10-12;1-6-4-3-5-7(6)2;;;/h1-10,13H;4H,3H2,1-2H3;2*1H;/q;;;;+2/p-2. The fraction of sp³-hybridized carbons (Fsp3) is 0.158. The van der Waals surface area contributed by atoms with E-state index in [4.69, 9.17) is 0 Å². The molecular formula is C19H20Cl2SiZr. The minimum atomic E-state index is -0.991. The maximum atomic E-state index is 2.42. The van der Waals surface area contributed by atoms with Crippen LogP contribution in [-0.4, -0.2) is 5.92 Å². The average molecular weight is 439 g/mol. The van der Waals surface area contributed by atoms with Gasteiger partial charge in [-0.2, -0.15) is 0 Å². The van der Waals surface area contributed by atoms with E-state index in [9.17, 15) is 0 Å². The summed E-state index contributed by atoms with van der Waals surface area (Å²) in [7, 11) is 0. The van der Waals surface area contributed by atoms with Crippen LogP contribution < -0.4 is 35.2 Å². The van der Waals surface area contributed by atoms with Crippen LogP contribution in [0.1, 0.15) is 20.3 Å². The zero-order valence-corrected chi connectivity index (χ0v) is 18.5. The maximum absolute atomic E-state index is 2.42. The molecule has 0 nitrogen and oxygen atoms in total. The van der Waals surface area contributed by atoms with E-state index in [1.54, 1.807) is 15.9 Å². The third-order valence-electron chi connectivity index (χ3n) is 4.24. The molecule has 23 heavy (non-hydrogen) atoms. The number of rotatable bonds is 4. The first kappa shape index (κ1) is 20.6. The van der Waals surface area contributed by atoms with E-state index >= 15 is 0 Å². The second kappa shape index (κ2) is 9.79. The molecule has 4 heteroatoms. The van der Waals surface area contributed by atoms with Crippen LogP contribution in [0.5, 0.6) is 0 Å². The monoisotopic (exact) mass is 436 g/mol. The Morgan fingerprint density at radius 3 is 1.65 bits per heavy atom. The van der Waals surface area contributed by atoms with Gasteiger partial charge in [0.05, 0.1) is 0 Å². The molecule has 118 valence electrons. The van der Waals surface area contributed by atoms with Crippen LogP contribution in [0, 0.1) is 0 Å². The summed E-state index contributed by atoms with van der Waals surface area (Å²) < 4.78 is 1.82. The fourth-order valence-corrected chi connectivity index (χ4v) is 16.5. The van der Waals surface area contributed by atoms with Gasteiger partial charge in [-0.25, -0.2) is 0 Å². The van der Waals surface area contributed by atoms with Gasteiger partial charge in [-0.3, -0.25) is 0 Å². The molecule has 3 rings (SSSR count). The summed E-state index contributed by atoms with van der Waals surface area (Å²) in [4.78, 5) is 0. The molecule has 0 unspecified atom stereocenters. The second-order valence-electron chi connectivity index (χ2n) is 5.59. The normalized spacial score (nSPS) is 13.1. The van der Waals surface area contributed by atoms with Gasteiger partial charge in [-0.05, 0) is 0 Å². The number of allylic oxidation sites excluding steroid dienone is 4. The van der Waals surface area contributed by atoms with Crippen molar-refractivity contribution in [3.05, 3.63) is 81.2 Å². The van der Waals surface area contributed by atoms with E-state index < -0.39 is 28.3 Å². The molecule has 1 aliphatic carbocycles. The van der Waals surface area contributed by atoms with Crippen LogP contribution >= 0.6 is 0 Å². The Morgan fingerprint density at radius 2 is 1.26 bits per heavy atom. The molecule has 1 aliphatic rings. The Morgan fingerprint density at radius 1 is 0.783 bits per heavy atom. The van der Waals surface area contributed by atoms with E-state index in [-0.39, 0.29) is 24.8 Å². The molecule has 0 amide bonds. The van der Waals surface area contributed by atoms with E-state index in [0.717, 1.165) is 0 Å². The molecule has 0 radical (unpaired) electrons. The first-order chi connectivity index (χ1) is 10.3. The third kappa shape index (κ3) is 5.03. The maximum Gasteiger partial charge on any atom is -1.00 e. The van der Waals surface area contributed by atoms with Crippen molar-refractivity contribution in [2.45, 2.75) is 20.3 Å². The van der Waals surface area contributed by atoms with Crippen molar-refractivity contribution in [1.29, 1.82) is 0 Å². The molecule has 0 heterocycles. The van der Waals surface area contributed by atoms with Crippen molar-refractivity contribution in [2.75, 3.05) is 0 Å². The van der Waals surface area contributed by atoms with E-state index in [1.165, 1.54) is 12.0 Å². The molecule has 0 saturated heterocycles. The number of halogens is 2. The largest absolute Gasteiger partial charge is 1.00 e. The van der Waals surface area contributed by atoms with Gasteiger partial charge < -0.3 is 24.8 Å². The summed E-state index contributed by atoms with van der Waals surface area (Å²) in [6.45, 7) is 4.60. The predicted molar refractivity (Wildman–Crippen MR) is 90.4 cm³/mol. The topological polar surface area (TPSA) is 0 Å². The van der Waals surface area contributed by atoms with Crippen molar-refractivity contribution in [3.8, 4) is 0 Å². The first-order valence-corrected chi connectivity index (χ1v) is 14.7. The minimum absolute atomic E-state index is 0. The third-order valence-corrected chi connectivity index (χ3v) is 18.0. The van der Waals surface area contributed by atoms with Gasteiger partial charge in [-0.15, -0.1) is 0 Å². The zero-order chi connectivity index (χ0) is 14.7. The van der Waals surface area contributed by atoms with Gasteiger partial charge >= 0.3 is 140 Å². The minimum Gasteiger partial charge on any atom is -1.00 e. The summed E-state index contributed by atoms with van der Waals surface area (Å²) in [5.74, 6) is -0.991. The Labute approximate surface area is 164 Å². The number of hydrogen-bond acceptors (Lipinski definition) is 0. The van der Waals surface area contributed by atoms with E-state index in [1.807, 2.05) is 3.28 Å². The molecule has 0 N–H and O–H groups in total. The smallest absolute Gasteiger partial charge is 1.00 e. The first-order valence-electron chi connectivity index (χ1n) is 7.49. The molecular weight excluding hydrogens is 418 g/mol. The van der Waals surface area contributed by atoms with Crippen molar-refractivity contribution in [3.63, 3.8) is 0 Å². The number of hydrogen-bond donors (Lipinski definition) is 0. The predicted octanol–water partition coefficient (Wildman–Crippen LogP) is -2.76. The molecule has 0 aromatic heterocycles. The summed E-state index contributed by atoms with van der Waals surface area (Å²) in [5.41, 5.74) is 3.12. The van der Waals surface area contributed by atoms with Crippen molar-refractivity contribution >= 4 is 16.3 Å². The molecule has 0 saturated carbocycles. The summed E-state index contributed by atoms with van der Waals surface area (Å²) in [6, 6.07) is 22.5. The molecule has 0 aliphatic heterocycles. The van der Waals surface area contributed by atoms with Gasteiger partial charge in [0.1, 0.15) is 0 Å². The van der Waals surface area contributed by atoms with Crippen molar-refractivity contribution < 1.29 is 47.2 Å². The average Bonchev–Trinajstić information content (AvgIpc) is 2.86. The van der Waals surface area contributed by atoms with Gasteiger partial charge in [0.25, 0.3) is 0 Å².